The summed E-state index contributed by atoms with van der Waals surface area (Å²) in [7, 11) is 1.40. The molecule has 1 rings (SSSR count). The summed E-state index contributed by atoms with van der Waals surface area (Å²) < 4.78 is 38.5. The largest absolute Gasteiger partial charge is 0.417 e. The summed E-state index contributed by atoms with van der Waals surface area (Å²) >= 11 is 0. The molecule has 0 radical (unpaired) electrons. The van der Waals surface area contributed by atoms with Crippen LogP contribution < -0.4 is 5.32 Å². The molecule has 0 unspecified atom stereocenters. The van der Waals surface area contributed by atoms with Gasteiger partial charge in [0.2, 0.25) is 0 Å². The molecule has 22 heavy (non-hydrogen) atoms. The molecular formula is C14H16F3N3O2. The zero-order valence-electron chi connectivity index (χ0n) is 12.3. The van der Waals surface area contributed by atoms with Gasteiger partial charge in [-0.3, -0.25) is 0 Å². The summed E-state index contributed by atoms with van der Waals surface area (Å²) in [5.41, 5.74) is -2.85. The molecule has 0 spiro atoms. The molecule has 0 aliphatic rings. The average Bonchev–Trinajstić information content (AvgIpc) is 2.35. The third-order valence-electron chi connectivity index (χ3n) is 2.67. The van der Waals surface area contributed by atoms with Gasteiger partial charge >= 0.3 is 12.2 Å². The number of anilines is 1. The van der Waals surface area contributed by atoms with E-state index >= 15 is 0 Å². The number of carbonyl (C=O) groups excluding carboxylic acids is 1. The zero-order chi connectivity index (χ0) is 17.1. The van der Waals surface area contributed by atoms with Crippen LogP contribution in [0.25, 0.3) is 0 Å². The number of nitriles is 1. The van der Waals surface area contributed by atoms with E-state index in [2.05, 4.69) is 5.32 Å². The number of benzene rings is 1. The van der Waals surface area contributed by atoms with Gasteiger partial charge in [-0.05, 0) is 32.0 Å². The fourth-order valence-electron chi connectivity index (χ4n) is 1.83. The van der Waals surface area contributed by atoms with Crippen molar-refractivity contribution >= 4 is 11.7 Å². The Morgan fingerprint density at radius 3 is 2.45 bits per heavy atom. The minimum absolute atomic E-state index is 0.00123. The number of nitrogens with zero attached hydrogens (tertiary/aromatic N) is 2. The summed E-state index contributed by atoms with van der Waals surface area (Å²) in [6, 6.07) is 3.70. The lowest BCUT2D eigenvalue weighted by atomic mass is 10.1. The molecule has 0 fully saturated rings. The number of amides is 2. The Bertz CT molecular complexity index is 601. The van der Waals surface area contributed by atoms with Gasteiger partial charge in [-0.1, -0.05) is 0 Å². The zero-order valence-corrected chi connectivity index (χ0v) is 12.3. The van der Waals surface area contributed by atoms with E-state index in [4.69, 9.17) is 5.26 Å². The molecule has 0 aliphatic heterocycles. The Labute approximate surface area is 126 Å². The van der Waals surface area contributed by atoms with Crippen molar-refractivity contribution < 1.29 is 23.1 Å². The van der Waals surface area contributed by atoms with Gasteiger partial charge < -0.3 is 15.3 Å². The highest BCUT2D eigenvalue weighted by atomic mass is 19.4. The monoisotopic (exact) mass is 315 g/mol. The fourth-order valence-corrected chi connectivity index (χ4v) is 1.83. The topological polar surface area (TPSA) is 76.4 Å². The van der Waals surface area contributed by atoms with E-state index in [0.29, 0.717) is 6.07 Å². The summed E-state index contributed by atoms with van der Waals surface area (Å²) in [6.07, 6.45) is -4.69. The second-order valence-electron chi connectivity index (χ2n) is 5.47. The first-order chi connectivity index (χ1) is 9.94. The number of hydrogen-bond donors (Lipinski definition) is 2. The van der Waals surface area contributed by atoms with Crippen molar-refractivity contribution in [3.8, 4) is 6.07 Å². The van der Waals surface area contributed by atoms with Crippen LogP contribution in [0.4, 0.5) is 23.7 Å². The first-order valence-electron chi connectivity index (χ1n) is 6.30. The van der Waals surface area contributed by atoms with Gasteiger partial charge in [0.1, 0.15) is 0 Å². The molecule has 0 aromatic heterocycles. The number of aliphatic hydroxyl groups is 1. The predicted molar refractivity (Wildman–Crippen MR) is 74.1 cm³/mol. The lowest BCUT2D eigenvalue weighted by Crippen LogP contribution is -2.41. The Hall–Kier alpha value is -2.27. The van der Waals surface area contributed by atoms with Crippen LogP contribution in [0.1, 0.15) is 25.0 Å². The third kappa shape index (κ3) is 4.93. The van der Waals surface area contributed by atoms with Crippen LogP contribution in [-0.2, 0) is 6.18 Å². The molecule has 0 atom stereocenters. The number of urea groups is 1. The highest BCUT2D eigenvalue weighted by Crippen LogP contribution is 2.33. The number of halogens is 3. The number of alkyl halides is 3. The highest BCUT2D eigenvalue weighted by Gasteiger charge is 2.34. The number of hydrogen-bond acceptors (Lipinski definition) is 3. The van der Waals surface area contributed by atoms with Gasteiger partial charge in [0.15, 0.2) is 0 Å². The van der Waals surface area contributed by atoms with Gasteiger partial charge in [0.05, 0.1) is 29.3 Å². The Balaban J connectivity index is 2.96. The van der Waals surface area contributed by atoms with Crippen LogP contribution in [0.2, 0.25) is 0 Å². The van der Waals surface area contributed by atoms with Gasteiger partial charge in [-0.2, -0.15) is 18.4 Å². The van der Waals surface area contributed by atoms with Crippen molar-refractivity contribution in [3.63, 3.8) is 0 Å². The van der Waals surface area contributed by atoms with E-state index in [1.807, 2.05) is 0 Å². The van der Waals surface area contributed by atoms with Gasteiger partial charge in [0.25, 0.3) is 0 Å². The van der Waals surface area contributed by atoms with E-state index in [1.54, 1.807) is 0 Å². The third-order valence-corrected chi connectivity index (χ3v) is 2.67. The molecule has 8 heteroatoms. The van der Waals surface area contributed by atoms with Crippen molar-refractivity contribution in [1.82, 2.24) is 4.90 Å². The Morgan fingerprint density at radius 1 is 1.41 bits per heavy atom. The second-order valence-corrected chi connectivity index (χ2v) is 5.47. The molecule has 1 aromatic rings. The maximum atomic E-state index is 12.8. The van der Waals surface area contributed by atoms with Gasteiger partial charge in [0, 0.05) is 12.7 Å². The minimum Gasteiger partial charge on any atom is -0.389 e. The first-order valence-corrected chi connectivity index (χ1v) is 6.30. The maximum absolute atomic E-state index is 12.8. The van der Waals surface area contributed by atoms with Crippen LogP contribution >= 0.6 is 0 Å². The van der Waals surface area contributed by atoms with Crippen LogP contribution in [0.3, 0.4) is 0 Å². The molecule has 0 saturated carbocycles. The normalized spacial score (nSPS) is 11.7. The van der Waals surface area contributed by atoms with Crippen molar-refractivity contribution in [2.24, 2.45) is 0 Å². The quantitative estimate of drug-likeness (QED) is 0.900. The van der Waals surface area contributed by atoms with Crippen LogP contribution in [0.15, 0.2) is 18.2 Å². The molecular weight excluding hydrogens is 299 g/mol. The van der Waals surface area contributed by atoms with Crippen LogP contribution in [0.5, 0.6) is 0 Å². The maximum Gasteiger partial charge on any atom is 0.417 e. The predicted octanol–water partition coefficient (Wildman–Crippen LogP) is 2.81. The van der Waals surface area contributed by atoms with Crippen molar-refractivity contribution in [3.05, 3.63) is 29.3 Å². The number of nitrogens with one attached hydrogen (secondary N) is 1. The minimum atomic E-state index is -4.69. The summed E-state index contributed by atoms with van der Waals surface area (Å²) in [6.45, 7) is 3.00. The molecule has 2 N–H and O–H groups in total. The molecule has 1 aromatic carbocycles. The SMILES string of the molecule is CN(CC(C)(C)O)C(=O)Nc1ccc(C#N)c(C(F)(F)F)c1. The summed E-state index contributed by atoms with van der Waals surface area (Å²) in [4.78, 5) is 13.0. The summed E-state index contributed by atoms with van der Waals surface area (Å²) in [5, 5.41) is 20.6. The lowest BCUT2D eigenvalue weighted by molar-refractivity contribution is -0.137. The van der Waals surface area contributed by atoms with Crippen LogP contribution in [-0.4, -0.2) is 35.2 Å². The average molecular weight is 315 g/mol. The van der Waals surface area contributed by atoms with E-state index in [0.717, 1.165) is 11.0 Å². The molecule has 0 heterocycles. The number of likely N-dealkylation sites (N-methyl/N-ethyl adjacent to an activating group) is 1. The van der Waals surface area contributed by atoms with Crippen molar-refractivity contribution in [2.75, 3.05) is 18.9 Å². The molecule has 0 aliphatic carbocycles. The van der Waals surface area contributed by atoms with E-state index in [9.17, 15) is 23.1 Å². The molecule has 0 saturated heterocycles. The Morgan fingerprint density at radius 2 is 2.00 bits per heavy atom. The molecule has 2 amide bonds. The lowest BCUT2D eigenvalue weighted by Gasteiger charge is -2.25. The van der Waals surface area contributed by atoms with E-state index in [1.165, 1.54) is 33.0 Å². The first kappa shape index (κ1) is 17.8. The second kappa shape index (κ2) is 6.23. The van der Waals surface area contributed by atoms with Crippen molar-refractivity contribution in [2.45, 2.75) is 25.6 Å². The van der Waals surface area contributed by atoms with Gasteiger partial charge in [-0.15, -0.1) is 0 Å². The Kier molecular flexibility index (Phi) is 5.04. The molecule has 120 valence electrons. The number of rotatable bonds is 3. The van der Waals surface area contributed by atoms with E-state index < -0.39 is 28.9 Å². The van der Waals surface area contributed by atoms with E-state index in [-0.39, 0.29) is 12.2 Å². The van der Waals surface area contributed by atoms with Crippen molar-refractivity contribution in [1.29, 1.82) is 5.26 Å². The van der Waals surface area contributed by atoms with Gasteiger partial charge in [-0.25, -0.2) is 4.79 Å². The molecule has 0 bridgehead atoms. The number of carbonyl (C=O) groups is 1. The smallest absolute Gasteiger partial charge is 0.389 e. The van der Waals surface area contributed by atoms with Crippen LogP contribution in [0, 0.1) is 11.3 Å². The summed E-state index contributed by atoms with van der Waals surface area (Å²) in [5.74, 6) is 0. The molecule has 5 nitrogen and oxygen atoms in total. The standard InChI is InChI=1S/C14H16F3N3O2/c1-13(2,22)8-20(3)12(21)19-10-5-4-9(7-18)11(6-10)14(15,16)17/h4-6,22H,8H2,1-3H3,(H,19,21). The fraction of sp³-hybridized carbons (Fsp3) is 0.429. The highest BCUT2D eigenvalue weighted by molar-refractivity contribution is 5.89.